The van der Waals surface area contributed by atoms with E-state index in [1.807, 2.05) is 23.1 Å². The number of hydrogen-bond donors (Lipinski definition) is 2. The first-order valence-corrected chi connectivity index (χ1v) is 10.8. The standard InChI is InChI=1S/C23H26BrN3O3/c1-30-21-12-7-18(24)16-17(21)6-13-22(28)25-19-8-10-20(11-9-19)26-23(29)27-14-4-2-3-5-15-27/h6-13,16H,2-5,14-15H2,1H3,(H,25,28)(H,26,29)/b13-6+. The number of carbonyl (C=O) groups excluding carboxylic acids is 2. The van der Waals surface area contributed by atoms with Crippen LogP contribution in [0.5, 0.6) is 5.75 Å². The molecular weight excluding hydrogens is 446 g/mol. The fourth-order valence-corrected chi connectivity index (χ4v) is 3.68. The van der Waals surface area contributed by atoms with Gasteiger partial charge in [0.15, 0.2) is 0 Å². The van der Waals surface area contributed by atoms with Crippen LogP contribution in [0.1, 0.15) is 31.2 Å². The van der Waals surface area contributed by atoms with E-state index in [0.29, 0.717) is 17.1 Å². The molecule has 1 aliphatic rings. The lowest BCUT2D eigenvalue weighted by molar-refractivity contribution is -0.111. The van der Waals surface area contributed by atoms with Crippen molar-refractivity contribution in [1.29, 1.82) is 0 Å². The van der Waals surface area contributed by atoms with Gasteiger partial charge in [-0.3, -0.25) is 4.79 Å². The normalized spacial score (nSPS) is 14.3. The third-order valence-corrected chi connectivity index (χ3v) is 5.40. The summed E-state index contributed by atoms with van der Waals surface area (Å²) in [4.78, 5) is 26.5. The predicted octanol–water partition coefficient (Wildman–Crippen LogP) is 5.52. The summed E-state index contributed by atoms with van der Waals surface area (Å²) >= 11 is 3.42. The highest BCUT2D eigenvalue weighted by atomic mass is 79.9. The van der Waals surface area contributed by atoms with E-state index in [1.54, 1.807) is 37.5 Å². The second kappa shape index (κ2) is 10.8. The van der Waals surface area contributed by atoms with E-state index in [9.17, 15) is 9.59 Å². The zero-order valence-electron chi connectivity index (χ0n) is 17.0. The Morgan fingerprint density at radius 3 is 2.23 bits per heavy atom. The van der Waals surface area contributed by atoms with Crippen molar-refractivity contribution in [3.63, 3.8) is 0 Å². The van der Waals surface area contributed by atoms with Crippen molar-refractivity contribution in [1.82, 2.24) is 4.90 Å². The quantitative estimate of drug-likeness (QED) is 0.564. The van der Waals surface area contributed by atoms with Gasteiger partial charge < -0.3 is 20.3 Å². The van der Waals surface area contributed by atoms with Crippen molar-refractivity contribution in [3.8, 4) is 5.75 Å². The maximum Gasteiger partial charge on any atom is 0.321 e. The highest BCUT2D eigenvalue weighted by Crippen LogP contribution is 2.24. The number of carbonyl (C=O) groups is 2. The second-order valence-corrected chi connectivity index (χ2v) is 8.03. The van der Waals surface area contributed by atoms with Crippen LogP contribution in [0.4, 0.5) is 16.2 Å². The Bertz CT molecular complexity index is 904. The molecule has 0 bridgehead atoms. The van der Waals surface area contributed by atoms with E-state index >= 15 is 0 Å². The van der Waals surface area contributed by atoms with E-state index in [1.165, 1.54) is 18.9 Å². The largest absolute Gasteiger partial charge is 0.496 e. The van der Waals surface area contributed by atoms with Crippen molar-refractivity contribution in [2.24, 2.45) is 0 Å². The number of benzene rings is 2. The Kier molecular flexibility index (Phi) is 7.90. The maximum absolute atomic E-state index is 12.4. The lowest BCUT2D eigenvalue weighted by Crippen LogP contribution is -2.35. The third kappa shape index (κ3) is 6.35. The fourth-order valence-electron chi connectivity index (χ4n) is 3.30. The number of amides is 3. The summed E-state index contributed by atoms with van der Waals surface area (Å²) in [7, 11) is 1.59. The maximum atomic E-state index is 12.4. The van der Waals surface area contributed by atoms with Crippen LogP contribution in [0.3, 0.4) is 0 Å². The summed E-state index contributed by atoms with van der Waals surface area (Å²) in [5.74, 6) is 0.435. The van der Waals surface area contributed by atoms with E-state index < -0.39 is 0 Å². The summed E-state index contributed by atoms with van der Waals surface area (Å²) in [6.45, 7) is 1.60. The number of anilines is 2. The number of halogens is 1. The molecule has 2 aromatic carbocycles. The van der Waals surface area contributed by atoms with E-state index in [4.69, 9.17) is 4.74 Å². The van der Waals surface area contributed by atoms with Crippen LogP contribution in [-0.2, 0) is 4.79 Å². The molecule has 3 rings (SSSR count). The zero-order valence-corrected chi connectivity index (χ0v) is 18.6. The molecule has 1 fully saturated rings. The lowest BCUT2D eigenvalue weighted by atomic mass is 10.2. The summed E-state index contributed by atoms with van der Waals surface area (Å²) in [5.41, 5.74) is 2.16. The van der Waals surface area contributed by atoms with Crippen molar-refractivity contribution in [3.05, 3.63) is 58.6 Å². The van der Waals surface area contributed by atoms with Crippen LogP contribution in [0.2, 0.25) is 0 Å². The van der Waals surface area contributed by atoms with Crippen molar-refractivity contribution in [2.75, 3.05) is 30.8 Å². The minimum Gasteiger partial charge on any atom is -0.496 e. The first-order valence-electron chi connectivity index (χ1n) is 10.0. The Labute approximate surface area is 185 Å². The molecule has 158 valence electrons. The van der Waals surface area contributed by atoms with Crippen LogP contribution >= 0.6 is 15.9 Å². The lowest BCUT2D eigenvalue weighted by Gasteiger charge is -2.20. The van der Waals surface area contributed by atoms with E-state index in [2.05, 4.69) is 26.6 Å². The first kappa shape index (κ1) is 21.9. The van der Waals surface area contributed by atoms with Crippen LogP contribution in [0, 0.1) is 0 Å². The van der Waals surface area contributed by atoms with Gasteiger partial charge in [-0.05, 0) is 61.4 Å². The average molecular weight is 472 g/mol. The van der Waals surface area contributed by atoms with Gasteiger partial charge in [-0.1, -0.05) is 28.8 Å². The highest BCUT2D eigenvalue weighted by Gasteiger charge is 2.15. The molecule has 1 heterocycles. The number of methoxy groups -OCH3 is 1. The minimum absolute atomic E-state index is 0.0698. The molecule has 1 saturated heterocycles. The molecule has 0 aromatic heterocycles. The fraction of sp³-hybridized carbons (Fsp3) is 0.304. The Morgan fingerprint density at radius 2 is 1.60 bits per heavy atom. The molecule has 2 aromatic rings. The number of ether oxygens (including phenoxy) is 1. The van der Waals surface area contributed by atoms with Gasteiger partial charge in [0.1, 0.15) is 5.75 Å². The monoisotopic (exact) mass is 471 g/mol. The number of urea groups is 1. The van der Waals surface area contributed by atoms with Crippen LogP contribution in [-0.4, -0.2) is 37.0 Å². The van der Waals surface area contributed by atoms with Gasteiger partial charge in [0.25, 0.3) is 0 Å². The number of hydrogen-bond acceptors (Lipinski definition) is 3. The molecule has 1 aliphatic heterocycles. The number of nitrogens with zero attached hydrogens (tertiary/aromatic N) is 1. The van der Waals surface area contributed by atoms with Crippen LogP contribution < -0.4 is 15.4 Å². The molecule has 6 nitrogen and oxygen atoms in total. The van der Waals surface area contributed by atoms with Gasteiger partial charge >= 0.3 is 6.03 Å². The Morgan fingerprint density at radius 1 is 0.967 bits per heavy atom. The van der Waals surface area contributed by atoms with Crippen LogP contribution in [0.25, 0.3) is 6.08 Å². The first-order chi connectivity index (χ1) is 14.5. The van der Waals surface area contributed by atoms with Gasteiger partial charge in [0.2, 0.25) is 5.91 Å². The van der Waals surface area contributed by atoms with E-state index in [0.717, 1.165) is 36.0 Å². The highest BCUT2D eigenvalue weighted by molar-refractivity contribution is 9.10. The molecule has 0 atom stereocenters. The summed E-state index contributed by atoms with van der Waals surface area (Å²) in [5, 5.41) is 5.74. The molecule has 3 amide bonds. The SMILES string of the molecule is COc1ccc(Br)cc1/C=C/C(=O)Nc1ccc(NC(=O)N2CCCCCC2)cc1. The topological polar surface area (TPSA) is 70.7 Å². The molecule has 0 unspecified atom stereocenters. The number of likely N-dealkylation sites (tertiary alicyclic amines) is 1. The van der Waals surface area contributed by atoms with Crippen molar-refractivity contribution < 1.29 is 14.3 Å². The van der Waals surface area contributed by atoms with Crippen molar-refractivity contribution >= 4 is 45.3 Å². The third-order valence-electron chi connectivity index (χ3n) is 4.90. The van der Waals surface area contributed by atoms with E-state index in [-0.39, 0.29) is 11.9 Å². The molecule has 30 heavy (non-hydrogen) atoms. The van der Waals surface area contributed by atoms with Crippen molar-refractivity contribution in [2.45, 2.75) is 25.7 Å². The van der Waals surface area contributed by atoms with Gasteiger partial charge in [-0.2, -0.15) is 0 Å². The minimum atomic E-state index is -0.251. The summed E-state index contributed by atoms with van der Waals surface area (Å²) in [6, 6.07) is 12.6. The number of nitrogens with one attached hydrogen (secondary N) is 2. The predicted molar refractivity (Wildman–Crippen MR) is 124 cm³/mol. The van der Waals surface area contributed by atoms with Gasteiger partial charge in [-0.15, -0.1) is 0 Å². The molecule has 0 radical (unpaired) electrons. The van der Waals surface area contributed by atoms with Gasteiger partial charge in [0.05, 0.1) is 7.11 Å². The zero-order chi connectivity index (χ0) is 21.3. The molecule has 2 N–H and O–H groups in total. The van der Waals surface area contributed by atoms with Gasteiger partial charge in [-0.25, -0.2) is 4.79 Å². The molecule has 0 spiro atoms. The Balaban J connectivity index is 1.55. The summed E-state index contributed by atoms with van der Waals surface area (Å²) < 4.78 is 6.21. The van der Waals surface area contributed by atoms with Crippen LogP contribution in [0.15, 0.2) is 53.0 Å². The molecule has 7 heteroatoms. The second-order valence-electron chi connectivity index (χ2n) is 7.12. The Hall–Kier alpha value is -2.80. The molecule has 0 aliphatic carbocycles. The molecule has 0 saturated carbocycles. The smallest absolute Gasteiger partial charge is 0.321 e. The average Bonchev–Trinajstić information content (AvgIpc) is 3.03. The summed E-state index contributed by atoms with van der Waals surface area (Å²) in [6.07, 6.45) is 7.63. The molecular formula is C23H26BrN3O3. The van der Waals surface area contributed by atoms with Gasteiger partial charge in [0, 0.05) is 40.6 Å². The number of rotatable bonds is 5.